The fourth-order valence-corrected chi connectivity index (χ4v) is 3.63. The Hall–Kier alpha value is -3.28. The predicted octanol–water partition coefficient (Wildman–Crippen LogP) is 3.74. The number of Topliss-reactive ketones (excluding diaryl/α,β-unsaturated/α-hetero) is 1. The highest BCUT2D eigenvalue weighted by atomic mass is 16.4. The normalized spacial score (nSPS) is 19.4. The molecule has 1 N–H and O–H groups in total. The van der Waals surface area contributed by atoms with Gasteiger partial charge >= 0.3 is 6.01 Å². The smallest absolute Gasteiger partial charge is 0.317 e. The number of nitrogens with zero attached hydrogens (tertiary/aromatic N) is 3. The third-order valence-corrected chi connectivity index (χ3v) is 5.40. The highest BCUT2D eigenvalue weighted by Crippen LogP contribution is 2.36. The molecule has 0 saturated heterocycles. The average Bonchev–Trinajstić information content (AvgIpc) is 3.07. The first-order valence-electron chi connectivity index (χ1n) is 9.62. The Bertz CT molecular complexity index is 1040. The summed E-state index contributed by atoms with van der Waals surface area (Å²) in [5.41, 5.74) is 3.71. The van der Waals surface area contributed by atoms with Crippen molar-refractivity contribution in [3.05, 3.63) is 77.2 Å². The molecule has 2 aromatic carbocycles. The molecule has 28 heavy (non-hydrogen) atoms. The van der Waals surface area contributed by atoms with E-state index >= 15 is 0 Å². The first kappa shape index (κ1) is 16.9. The Morgan fingerprint density at radius 2 is 1.75 bits per heavy atom. The zero-order valence-electron chi connectivity index (χ0n) is 15.3. The molecule has 0 amide bonds. The highest BCUT2D eigenvalue weighted by Gasteiger charge is 2.29. The summed E-state index contributed by atoms with van der Waals surface area (Å²) in [4.78, 5) is 17.7. The van der Waals surface area contributed by atoms with E-state index in [1.54, 1.807) is 0 Å². The van der Waals surface area contributed by atoms with Crippen molar-refractivity contribution in [2.45, 2.75) is 37.8 Å². The van der Waals surface area contributed by atoms with E-state index in [0.29, 0.717) is 18.2 Å². The molecule has 2 aliphatic rings. The van der Waals surface area contributed by atoms with Gasteiger partial charge in [0.2, 0.25) is 5.89 Å². The van der Waals surface area contributed by atoms with E-state index in [9.17, 15) is 4.79 Å². The monoisotopic (exact) mass is 372 g/mol. The summed E-state index contributed by atoms with van der Waals surface area (Å²) in [7, 11) is 0. The molecule has 3 aromatic rings. The van der Waals surface area contributed by atoms with Gasteiger partial charge in [-0.15, -0.1) is 5.10 Å². The molecule has 0 radical (unpaired) electrons. The Morgan fingerprint density at radius 3 is 2.54 bits per heavy atom. The standard InChI is InChI=1S/C22H20N4O2/c27-18-13-16-9-4-5-12-17(16)19(14-7-2-1-3-8-14)23-20(18)24-22-26-25-21(28-22)15-10-6-11-15/h1-5,7-9,12,15,20H,6,10-11,13H2,(H,24,26). The minimum absolute atomic E-state index is 0.0261. The van der Waals surface area contributed by atoms with Crippen molar-refractivity contribution in [3.8, 4) is 0 Å². The minimum Gasteiger partial charge on any atom is -0.408 e. The van der Waals surface area contributed by atoms with E-state index < -0.39 is 6.17 Å². The number of hydrogen-bond acceptors (Lipinski definition) is 6. The molecule has 0 bridgehead atoms. The average molecular weight is 372 g/mol. The first-order chi connectivity index (χ1) is 13.8. The summed E-state index contributed by atoms with van der Waals surface area (Å²) in [6, 6.07) is 18.1. The van der Waals surface area contributed by atoms with E-state index in [-0.39, 0.29) is 11.8 Å². The Morgan fingerprint density at radius 1 is 0.964 bits per heavy atom. The fraction of sp³-hybridized carbons (Fsp3) is 0.273. The number of carbonyl (C=O) groups is 1. The number of hydrogen-bond donors (Lipinski definition) is 1. The molecule has 6 nitrogen and oxygen atoms in total. The maximum atomic E-state index is 12.9. The van der Waals surface area contributed by atoms with Crippen LogP contribution in [0.3, 0.4) is 0 Å². The number of nitrogens with one attached hydrogen (secondary N) is 1. The highest BCUT2D eigenvalue weighted by molar-refractivity contribution is 6.16. The van der Waals surface area contributed by atoms with E-state index in [0.717, 1.165) is 35.2 Å². The maximum absolute atomic E-state index is 12.9. The van der Waals surface area contributed by atoms with Gasteiger partial charge in [0, 0.05) is 23.5 Å². The van der Waals surface area contributed by atoms with Gasteiger partial charge in [-0.2, -0.15) is 0 Å². The zero-order chi connectivity index (χ0) is 18.9. The number of aromatic nitrogens is 2. The van der Waals surface area contributed by atoms with Crippen molar-refractivity contribution < 1.29 is 9.21 Å². The van der Waals surface area contributed by atoms with Gasteiger partial charge in [0.25, 0.3) is 0 Å². The lowest BCUT2D eigenvalue weighted by atomic mass is 9.85. The lowest BCUT2D eigenvalue weighted by molar-refractivity contribution is -0.119. The molecule has 1 fully saturated rings. The first-order valence-corrected chi connectivity index (χ1v) is 9.62. The Kier molecular flexibility index (Phi) is 4.24. The summed E-state index contributed by atoms with van der Waals surface area (Å²) >= 11 is 0. The molecule has 2 heterocycles. The number of rotatable bonds is 4. The van der Waals surface area contributed by atoms with E-state index in [1.165, 1.54) is 6.42 Å². The van der Waals surface area contributed by atoms with Gasteiger partial charge in [0.05, 0.1) is 5.71 Å². The molecule has 140 valence electrons. The van der Waals surface area contributed by atoms with Gasteiger partial charge in [-0.05, 0) is 18.4 Å². The Labute approximate surface area is 162 Å². The van der Waals surface area contributed by atoms with Crippen LogP contribution in [-0.2, 0) is 11.2 Å². The van der Waals surface area contributed by atoms with Crippen LogP contribution in [0.25, 0.3) is 0 Å². The van der Waals surface area contributed by atoms with Gasteiger partial charge in [0.1, 0.15) is 0 Å². The van der Waals surface area contributed by atoms with E-state index in [2.05, 4.69) is 15.5 Å². The molecule has 1 saturated carbocycles. The van der Waals surface area contributed by atoms with Crippen molar-refractivity contribution in [1.29, 1.82) is 0 Å². The van der Waals surface area contributed by atoms with Crippen molar-refractivity contribution in [1.82, 2.24) is 10.2 Å². The second-order valence-corrected chi connectivity index (χ2v) is 7.26. The van der Waals surface area contributed by atoms with Crippen LogP contribution in [0.4, 0.5) is 6.01 Å². The molecule has 0 spiro atoms. The molecule has 1 atom stereocenters. The number of anilines is 1. The number of fused-ring (bicyclic) bond motifs is 1. The zero-order valence-corrected chi connectivity index (χ0v) is 15.3. The third-order valence-electron chi connectivity index (χ3n) is 5.40. The molecular formula is C22H20N4O2. The topological polar surface area (TPSA) is 80.4 Å². The van der Waals surface area contributed by atoms with Crippen molar-refractivity contribution in [2.75, 3.05) is 5.32 Å². The van der Waals surface area contributed by atoms with Crippen molar-refractivity contribution >= 4 is 17.5 Å². The molecule has 1 aromatic heterocycles. The summed E-state index contributed by atoms with van der Waals surface area (Å²) in [5.74, 6) is 0.965. The molecule has 6 heteroatoms. The third kappa shape index (κ3) is 3.11. The van der Waals surface area contributed by atoms with Crippen LogP contribution in [0, 0.1) is 0 Å². The molecule has 5 rings (SSSR count). The number of carbonyl (C=O) groups excluding carboxylic acids is 1. The summed E-state index contributed by atoms with van der Waals surface area (Å²) in [6.07, 6.45) is 2.89. The van der Waals surface area contributed by atoms with Crippen LogP contribution >= 0.6 is 0 Å². The van der Waals surface area contributed by atoms with Gasteiger partial charge in [0.15, 0.2) is 11.9 Å². The van der Waals surface area contributed by atoms with Crippen LogP contribution in [0.1, 0.15) is 47.8 Å². The quantitative estimate of drug-likeness (QED) is 0.755. The number of benzene rings is 2. The number of ketones is 1. The minimum atomic E-state index is -0.766. The number of aliphatic imine (C=N–C) groups is 1. The van der Waals surface area contributed by atoms with Crippen LogP contribution in [0.15, 0.2) is 64.0 Å². The molecule has 1 aliphatic heterocycles. The van der Waals surface area contributed by atoms with E-state index in [1.807, 2.05) is 54.6 Å². The summed E-state index contributed by atoms with van der Waals surface area (Å²) in [6.45, 7) is 0. The Balaban J connectivity index is 1.51. The van der Waals surface area contributed by atoms with E-state index in [4.69, 9.17) is 9.41 Å². The second-order valence-electron chi connectivity index (χ2n) is 7.26. The van der Waals surface area contributed by atoms with Gasteiger partial charge in [-0.1, -0.05) is 66.1 Å². The van der Waals surface area contributed by atoms with Crippen LogP contribution < -0.4 is 5.32 Å². The van der Waals surface area contributed by atoms with Crippen LogP contribution in [-0.4, -0.2) is 27.9 Å². The fourth-order valence-electron chi connectivity index (χ4n) is 3.63. The van der Waals surface area contributed by atoms with Gasteiger partial charge < -0.3 is 9.73 Å². The summed E-state index contributed by atoms with van der Waals surface area (Å²) in [5, 5.41) is 11.3. The predicted molar refractivity (Wildman–Crippen MR) is 106 cm³/mol. The summed E-state index contributed by atoms with van der Waals surface area (Å²) < 4.78 is 5.74. The largest absolute Gasteiger partial charge is 0.408 e. The molecular weight excluding hydrogens is 352 g/mol. The van der Waals surface area contributed by atoms with Gasteiger partial charge in [-0.3, -0.25) is 9.79 Å². The van der Waals surface area contributed by atoms with Crippen molar-refractivity contribution in [3.63, 3.8) is 0 Å². The van der Waals surface area contributed by atoms with Crippen molar-refractivity contribution in [2.24, 2.45) is 4.99 Å². The van der Waals surface area contributed by atoms with Gasteiger partial charge in [-0.25, -0.2) is 0 Å². The molecule has 1 unspecified atom stereocenters. The lowest BCUT2D eigenvalue weighted by Crippen LogP contribution is -2.29. The lowest BCUT2D eigenvalue weighted by Gasteiger charge is -2.20. The SMILES string of the molecule is O=C1Cc2ccccc2C(c2ccccc2)=NC1Nc1nnc(C2CCC2)o1. The second kappa shape index (κ2) is 7.03. The van der Waals surface area contributed by atoms with Crippen LogP contribution in [0.5, 0.6) is 0 Å². The maximum Gasteiger partial charge on any atom is 0.317 e. The molecule has 1 aliphatic carbocycles. The van der Waals surface area contributed by atoms with Crippen LogP contribution in [0.2, 0.25) is 0 Å².